The predicted molar refractivity (Wildman–Crippen MR) is 66.5 cm³/mol. The van der Waals surface area contributed by atoms with Gasteiger partial charge in [-0.1, -0.05) is 28.1 Å². The minimum Gasteiger partial charge on any atom is -0.508 e. The molecule has 2 aromatic rings. The molecule has 0 unspecified atom stereocenters. The van der Waals surface area contributed by atoms with Gasteiger partial charge in [0.2, 0.25) is 0 Å². The molecule has 4 heteroatoms. The molecule has 1 N–H and O–H groups in total. The standard InChI is InChI=1S/C13H10BrFO2/c14-10-5-11(15)7-13(6-10)17-8-9-1-3-12(16)4-2-9/h1-7,16H,8H2. The van der Waals surface area contributed by atoms with E-state index in [4.69, 9.17) is 9.84 Å². The van der Waals surface area contributed by atoms with Crippen LogP contribution in [0.4, 0.5) is 4.39 Å². The van der Waals surface area contributed by atoms with Gasteiger partial charge in [0.1, 0.15) is 23.9 Å². The summed E-state index contributed by atoms with van der Waals surface area (Å²) >= 11 is 3.20. The van der Waals surface area contributed by atoms with Gasteiger partial charge in [0.25, 0.3) is 0 Å². The highest BCUT2D eigenvalue weighted by molar-refractivity contribution is 9.10. The summed E-state index contributed by atoms with van der Waals surface area (Å²) < 4.78 is 19.1. The van der Waals surface area contributed by atoms with Crippen molar-refractivity contribution in [3.63, 3.8) is 0 Å². The van der Waals surface area contributed by atoms with E-state index in [1.54, 1.807) is 30.3 Å². The van der Waals surface area contributed by atoms with Crippen LogP contribution in [-0.4, -0.2) is 5.11 Å². The summed E-state index contributed by atoms with van der Waals surface area (Å²) in [5.41, 5.74) is 0.906. The van der Waals surface area contributed by atoms with Gasteiger partial charge in [-0.25, -0.2) is 4.39 Å². The molecule has 0 aliphatic heterocycles. The minimum absolute atomic E-state index is 0.210. The Bertz CT molecular complexity index is 491. The first-order valence-corrected chi connectivity index (χ1v) is 5.79. The van der Waals surface area contributed by atoms with Crippen LogP contribution in [0.25, 0.3) is 0 Å². The van der Waals surface area contributed by atoms with E-state index in [-0.39, 0.29) is 11.6 Å². The van der Waals surface area contributed by atoms with E-state index in [0.29, 0.717) is 16.8 Å². The van der Waals surface area contributed by atoms with Crippen molar-refractivity contribution in [3.05, 3.63) is 58.3 Å². The zero-order chi connectivity index (χ0) is 12.3. The summed E-state index contributed by atoms with van der Waals surface area (Å²) in [6.07, 6.45) is 0. The first kappa shape index (κ1) is 11.9. The van der Waals surface area contributed by atoms with Crippen molar-refractivity contribution in [3.8, 4) is 11.5 Å². The Morgan fingerprint density at radius 2 is 1.82 bits per heavy atom. The highest BCUT2D eigenvalue weighted by Gasteiger charge is 2.01. The van der Waals surface area contributed by atoms with Gasteiger partial charge < -0.3 is 9.84 Å². The van der Waals surface area contributed by atoms with Gasteiger partial charge in [-0.3, -0.25) is 0 Å². The predicted octanol–water partition coefficient (Wildman–Crippen LogP) is 3.87. The van der Waals surface area contributed by atoms with E-state index in [1.165, 1.54) is 12.1 Å². The second-order valence-corrected chi connectivity index (χ2v) is 4.48. The van der Waals surface area contributed by atoms with Crippen molar-refractivity contribution < 1.29 is 14.2 Å². The summed E-state index contributed by atoms with van der Waals surface area (Å²) in [5, 5.41) is 9.12. The molecule has 2 aromatic carbocycles. The number of rotatable bonds is 3. The fourth-order valence-electron chi connectivity index (χ4n) is 1.37. The molecule has 0 saturated heterocycles. The quantitative estimate of drug-likeness (QED) is 0.931. The molecule has 0 fully saturated rings. The molecule has 0 radical (unpaired) electrons. The van der Waals surface area contributed by atoms with E-state index in [0.717, 1.165) is 5.56 Å². The molecule has 0 saturated carbocycles. The average Bonchev–Trinajstić information content (AvgIpc) is 2.27. The van der Waals surface area contributed by atoms with Gasteiger partial charge in [0.05, 0.1) is 0 Å². The van der Waals surface area contributed by atoms with Crippen molar-refractivity contribution in [1.82, 2.24) is 0 Å². The largest absolute Gasteiger partial charge is 0.508 e. The van der Waals surface area contributed by atoms with Crippen LogP contribution in [-0.2, 0) is 6.61 Å². The highest BCUT2D eigenvalue weighted by atomic mass is 79.9. The molecule has 0 aromatic heterocycles. The number of hydrogen-bond acceptors (Lipinski definition) is 2. The molecule has 0 aliphatic carbocycles. The Labute approximate surface area is 107 Å². The summed E-state index contributed by atoms with van der Waals surface area (Å²) in [4.78, 5) is 0. The summed E-state index contributed by atoms with van der Waals surface area (Å²) in [6, 6.07) is 11.1. The maximum absolute atomic E-state index is 13.1. The van der Waals surface area contributed by atoms with Crippen molar-refractivity contribution in [2.24, 2.45) is 0 Å². The van der Waals surface area contributed by atoms with Gasteiger partial charge in [0, 0.05) is 10.5 Å². The SMILES string of the molecule is Oc1ccc(COc2cc(F)cc(Br)c2)cc1. The second-order valence-electron chi connectivity index (χ2n) is 3.56. The van der Waals surface area contributed by atoms with Gasteiger partial charge in [-0.05, 0) is 29.8 Å². The number of halogens is 2. The first-order chi connectivity index (χ1) is 8.13. The molecule has 0 bridgehead atoms. The third-order valence-corrected chi connectivity index (χ3v) is 2.64. The van der Waals surface area contributed by atoms with Crippen LogP contribution in [0.2, 0.25) is 0 Å². The molecule has 0 heterocycles. The zero-order valence-corrected chi connectivity index (χ0v) is 10.4. The fourth-order valence-corrected chi connectivity index (χ4v) is 1.82. The molecule has 0 amide bonds. The zero-order valence-electron chi connectivity index (χ0n) is 8.86. The average molecular weight is 297 g/mol. The monoisotopic (exact) mass is 296 g/mol. The number of hydrogen-bond donors (Lipinski definition) is 1. The molecule has 2 rings (SSSR count). The van der Waals surface area contributed by atoms with Crippen molar-refractivity contribution >= 4 is 15.9 Å². The van der Waals surface area contributed by atoms with Crippen molar-refractivity contribution in [2.45, 2.75) is 6.61 Å². The van der Waals surface area contributed by atoms with E-state index in [2.05, 4.69) is 15.9 Å². The van der Waals surface area contributed by atoms with Crippen LogP contribution in [0, 0.1) is 5.82 Å². The lowest BCUT2D eigenvalue weighted by atomic mass is 10.2. The van der Waals surface area contributed by atoms with Crippen molar-refractivity contribution in [1.29, 1.82) is 0 Å². The highest BCUT2D eigenvalue weighted by Crippen LogP contribution is 2.21. The summed E-state index contributed by atoms with van der Waals surface area (Å²) in [5.74, 6) is 0.326. The molecule has 17 heavy (non-hydrogen) atoms. The lowest BCUT2D eigenvalue weighted by Gasteiger charge is -2.07. The number of ether oxygens (including phenoxy) is 1. The van der Waals surface area contributed by atoms with Crippen LogP contribution in [0.3, 0.4) is 0 Å². The number of aromatic hydroxyl groups is 1. The molecule has 88 valence electrons. The van der Waals surface area contributed by atoms with Crippen molar-refractivity contribution in [2.75, 3.05) is 0 Å². The Hall–Kier alpha value is -1.55. The Morgan fingerprint density at radius 1 is 1.12 bits per heavy atom. The van der Waals surface area contributed by atoms with E-state index in [9.17, 15) is 4.39 Å². The molecular weight excluding hydrogens is 287 g/mol. The Balaban J connectivity index is 2.04. The molecule has 0 spiro atoms. The van der Waals surface area contributed by atoms with Crippen LogP contribution < -0.4 is 4.74 Å². The van der Waals surface area contributed by atoms with Crippen LogP contribution in [0.15, 0.2) is 46.9 Å². The Morgan fingerprint density at radius 3 is 2.47 bits per heavy atom. The van der Waals surface area contributed by atoms with Crippen LogP contribution in [0.5, 0.6) is 11.5 Å². The van der Waals surface area contributed by atoms with E-state index < -0.39 is 0 Å². The lowest BCUT2D eigenvalue weighted by molar-refractivity contribution is 0.304. The minimum atomic E-state index is -0.347. The van der Waals surface area contributed by atoms with E-state index in [1.807, 2.05) is 0 Å². The van der Waals surface area contributed by atoms with Crippen LogP contribution in [0.1, 0.15) is 5.56 Å². The normalized spacial score (nSPS) is 10.2. The molecule has 2 nitrogen and oxygen atoms in total. The molecular formula is C13H10BrFO2. The number of phenolic OH excluding ortho intramolecular Hbond substituents is 1. The lowest BCUT2D eigenvalue weighted by Crippen LogP contribution is -1.95. The third kappa shape index (κ3) is 3.46. The fraction of sp³-hybridized carbons (Fsp3) is 0.0769. The van der Waals surface area contributed by atoms with Gasteiger partial charge >= 0.3 is 0 Å². The smallest absolute Gasteiger partial charge is 0.128 e. The number of benzene rings is 2. The van der Waals surface area contributed by atoms with Crippen LogP contribution >= 0.6 is 15.9 Å². The topological polar surface area (TPSA) is 29.5 Å². The third-order valence-electron chi connectivity index (χ3n) is 2.18. The Kier molecular flexibility index (Phi) is 3.64. The maximum Gasteiger partial charge on any atom is 0.128 e. The van der Waals surface area contributed by atoms with Gasteiger partial charge in [0.15, 0.2) is 0 Å². The van der Waals surface area contributed by atoms with Gasteiger partial charge in [-0.15, -0.1) is 0 Å². The van der Waals surface area contributed by atoms with E-state index >= 15 is 0 Å². The number of phenols is 1. The molecule has 0 aliphatic rings. The maximum atomic E-state index is 13.1. The second kappa shape index (κ2) is 5.19. The summed E-state index contributed by atoms with van der Waals surface area (Å²) in [6.45, 7) is 0.330. The van der Waals surface area contributed by atoms with Gasteiger partial charge in [-0.2, -0.15) is 0 Å². The molecule has 0 atom stereocenters. The summed E-state index contributed by atoms with van der Waals surface area (Å²) in [7, 11) is 0. The first-order valence-electron chi connectivity index (χ1n) is 5.00.